The lowest BCUT2D eigenvalue weighted by molar-refractivity contribution is -0.134. The molecule has 6 heteroatoms. The maximum absolute atomic E-state index is 12.3. The topological polar surface area (TPSA) is 61.9 Å². The van der Waals surface area contributed by atoms with Gasteiger partial charge in [0.1, 0.15) is 5.75 Å². The van der Waals surface area contributed by atoms with Crippen molar-refractivity contribution in [3.63, 3.8) is 0 Å². The van der Waals surface area contributed by atoms with Crippen molar-refractivity contribution in [2.24, 2.45) is 0 Å². The number of hydrogen-bond acceptors (Lipinski definition) is 3. The van der Waals surface area contributed by atoms with E-state index in [0.717, 1.165) is 11.3 Å². The molecule has 0 aliphatic carbocycles. The van der Waals surface area contributed by atoms with Crippen LogP contribution in [0, 0.1) is 6.92 Å². The molecule has 1 heterocycles. The van der Waals surface area contributed by atoms with Gasteiger partial charge in [-0.2, -0.15) is 0 Å². The fraction of sp³-hybridized carbons (Fsp3) is 0.300. The summed E-state index contributed by atoms with van der Waals surface area (Å²) in [5.74, 6) is 0.624. The van der Waals surface area contributed by atoms with Gasteiger partial charge in [-0.15, -0.1) is 0 Å². The molecule has 1 N–H and O–H groups in total. The predicted octanol–water partition coefficient (Wildman–Crippen LogP) is 2.75. The Hall–Kier alpha value is -3.02. The molecule has 1 aliphatic rings. The Morgan fingerprint density at radius 1 is 0.923 bits per heavy atom. The van der Waals surface area contributed by atoms with E-state index in [-0.39, 0.29) is 18.5 Å². The first kappa shape index (κ1) is 17.8. The molecule has 0 radical (unpaired) electrons. The Morgan fingerprint density at radius 2 is 1.54 bits per heavy atom. The summed E-state index contributed by atoms with van der Waals surface area (Å²) in [7, 11) is 0. The van der Waals surface area contributed by atoms with Gasteiger partial charge in [0, 0.05) is 31.9 Å². The molecule has 0 unspecified atom stereocenters. The van der Waals surface area contributed by atoms with Crippen LogP contribution in [0.3, 0.4) is 0 Å². The molecule has 6 nitrogen and oxygen atoms in total. The van der Waals surface area contributed by atoms with Gasteiger partial charge in [0.15, 0.2) is 6.61 Å². The lowest BCUT2D eigenvalue weighted by Crippen LogP contribution is -2.52. The number of rotatable bonds is 4. The highest BCUT2D eigenvalue weighted by atomic mass is 16.5. The van der Waals surface area contributed by atoms with Crippen LogP contribution >= 0.6 is 0 Å². The van der Waals surface area contributed by atoms with Crippen LogP contribution in [0.1, 0.15) is 5.56 Å². The van der Waals surface area contributed by atoms with E-state index in [1.807, 2.05) is 61.5 Å². The number of ether oxygens (including phenoxy) is 1. The van der Waals surface area contributed by atoms with Crippen molar-refractivity contribution in [1.82, 2.24) is 9.80 Å². The number of hydrogen-bond donors (Lipinski definition) is 1. The van der Waals surface area contributed by atoms with Crippen LogP contribution in [0.5, 0.6) is 5.75 Å². The SMILES string of the molecule is Cc1ccc(OCC(=O)N2CCN(C(=O)Nc3ccccc3)CC2)cc1. The van der Waals surface area contributed by atoms with E-state index in [1.54, 1.807) is 9.80 Å². The summed E-state index contributed by atoms with van der Waals surface area (Å²) in [5, 5.41) is 2.87. The Balaban J connectivity index is 1.43. The average Bonchev–Trinajstić information content (AvgIpc) is 2.68. The number of nitrogens with one attached hydrogen (secondary N) is 1. The van der Waals surface area contributed by atoms with Gasteiger partial charge in [0.25, 0.3) is 5.91 Å². The van der Waals surface area contributed by atoms with Crippen LogP contribution in [-0.4, -0.2) is 54.5 Å². The lowest BCUT2D eigenvalue weighted by Gasteiger charge is -2.34. The second-order valence-corrected chi connectivity index (χ2v) is 6.27. The second-order valence-electron chi connectivity index (χ2n) is 6.27. The van der Waals surface area contributed by atoms with E-state index in [1.165, 1.54) is 0 Å². The van der Waals surface area contributed by atoms with Gasteiger partial charge in [0.2, 0.25) is 0 Å². The fourth-order valence-corrected chi connectivity index (χ4v) is 2.75. The number of carbonyl (C=O) groups is 2. The lowest BCUT2D eigenvalue weighted by atomic mass is 10.2. The average molecular weight is 353 g/mol. The number of carbonyl (C=O) groups excluding carboxylic acids is 2. The summed E-state index contributed by atoms with van der Waals surface area (Å²) >= 11 is 0. The van der Waals surface area contributed by atoms with E-state index in [0.29, 0.717) is 31.9 Å². The monoisotopic (exact) mass is 353 g/mol. The Labute approximate surface area is 153 Å². The largest absolute Gasteiger partial charge is 0.484 e. The number of nitrogens with zero attached hydrogens (tertiary/aromatic N) is 2. The second kappa shape index (κ2) is 8.38. The molecule has 0 atom stereocenters. The van der Waals surface area contributed by atoms with Crippen LogP contribution in [-0.2, 0) is 4.79 Å². The van der Waals surface area contributed by atoms with Crippen LogP contribution in [0.4, 0.5) is 10.5 Å². The summed E-state index contributed by atoms with van der Waals surface area (Å²) < 4.78 is 5.55. The highest BCUT2D eigenvalue weighted by Crippen LogP contribution is 2.12. The van der Waals surface area contributed by atoms with E-state index in [9.17, 15) is 9.59 Å². The third-order valence-corrected chi connectivity index (χ3v) is 4.33. The number of anilines is 1. The van der Waals surface area contributed by atoms with Gasteiger partial charge in [0.05, 0.1) is 0 Å². The predicted molar refractivity (Wildman–Crippen MR) is 100 cm³/mol. The number of piperazine rings is 1. The van der Waals surface area contributed by atoms with Crippen molar-refractivity contribution in [3.05, 3.63) is 60.2 Å². The third kappa shape index (κ3) is 4.75. The molecule has 1 fully saturated rings. The zero-order valence-electron chi connectivity index (χ0n) is 14.9. The normalized spacial score (nSPS) is 14.0. The molecule has 2 aromatic rings. The first-order valence-corrected chi connectivity index (χ1v) is 8.70. The number of amides is 3. The summed E-state index contributed by atoms with van der Waals surface area (Å²) in [4.78, 5) is 28.0. The highest BCUT2D eigenvalue weighted by molar-refractivity contribution is 5.89. The number of para-hydroxylation sites is 1. The maximum atomic E-state index is 12.3. The van der Waals surface area contributed by atoms with Crippen molar-refractivity contribution in [1.29, 1.82) is 0 Å². The molecule has 0 bridgehead atoms. The Morgan fingerprint density at radius 3 is 2.19 bits per heavy atom. The number of urea groups is 1. The van der Waals surface area contributed by atoms with Crippen LogP contribution < -0.4 is 10.1 Å². The quantitative estimate of drug-likeness (QED) is 0.919. The molecule has 3 rings (SSSR count). The Kier molecular flexibility index (Phi) is 5.73. The molecule has 1 saturated heterocycles. The molecular formula is C20H23N3O3. The van der Waals surface area contributed by atoms with Gasteiger partial charge in [-0.25, -0.2) is 4.79 Å². The van der Waals surface area contributed by atoms with E-state index < -0.39 is 0 Å². The van der Waals surface area contributed by atoms with Crippen LogP contribution in [0.15, 0.2) is 54.6 Å². The van der Waals surface area contributed by atoms with Crippen molar-refractivity contribution >= 4 is 17.6 Å². The summed E-state index contributed by atoms with van der Waals surface area (Å²) in [5.41, 5.74) is 1.91. The molecule has 0 saturated carbocycles. The van der Waals surface area contributed by atoms with Crippen LogP contribution in [0.2, 0.25) is 0 Å². The van der Waals surface area contributed by atoms with Gasteiger partial charge in [-0.1, -0.05) is 35.9 Å². The van der Waals surface area contributed by atoms with Gasteiger partial charge < -0.3 is 19.9 Å². The first-order chi connectivity index (χ1) is 12.6. The zero-order valence-corrected chi connectivity index (χ0v) is 14.9. The summed E-state index contributed by atoms with van der Waals surface area (Å²) in [6, 6.07) is 16.8. The smallest absolute Gasteiger partial charge is 0.321 e. The van der Waals surface area contributed by atoms with Gasteiger partial charge >= 0.3 is 6.03 Å². The minimum absolute atomic E-state index is 0.0132. The molecule has 26 heavy (non-hydrogen) atoms. The molecule has 0 aromatic heterocycles. The third-order valence-electron chi connectivity index (χ3n) is 4.33. The summed E-state index contributed by atoms with van der Waals surface area (Å²) in [6.45, 7) is 4.06. The standard InChI is InChI=1S/C20H23N3O3/c1-16-7-9-18(10-8-16)26-15-19(24)22-11-13-23(14-12-22)20(25)21-17-5-3-2-4-6-17/h2-10H,11-15H2,1H3,(H,21,25). The zero-order chi connectivity index (χ0) is 18.4. The van der Waals surface area contributed by atoms with E-state index >= 15 is 0 Å². The van der Waals surface area contributed by atoms with Crippen molar-refractivity contribution in [3.8, 4) is 5.75 Å². The molecule has 136 valence electrons. The highest BCUT2D eigenvalue weighted by Gasteiger charge is 2.24. The van der Waals surface area contributed by atoms with Crippen molar-refractivity contribution < 1.29 is 14.3 Å². The molecular weight excluding hydrogens is 330 g/mol. The fourth-order valence-electron chi connectivity index (χ4n) is 2.75. The van der Waals surface area contributed by atoms with E-state index in [2.05, 4.69) is 5.32 Å². The molecule has 2 aromatic carbocycles. The van der Waals surface area contributed by atoms with E-state index in [4.69, 9.17) is 4.74 Å². The Bertz CT molecular complexity index is 739. The molecule has 0 spiro atoms. The molecule has 3 amide bonds. The number of benzene rings is 2. The van der Waals surface area contributed by atoms with Gasteiger partial charge in [-0.05, 0) is 31.2 Å². The minimum Gasteiger partial charge on any atom is -0.484 e. The maximum Gasteiger partial charge on any atom is 0.321 e. The summed E-state index contributed by atoms with van der Waals surface area (Å²) in [6.07, 6.45) is 0. The minimum atomic E-state index is -0.140. The molecule has 1 aliphatic heterocycles. The van der Waals surface area contributed by atoms with Crippen molar-refractivity contribution in [2.45, 2.75) is 6.92 Å². The van der Waals surface area contributed by atoms with Crippen LogP contribution in [0.25, 0.3) is 0 Å². The first-order valence-electron chi connectivity index (χ1n) is 8.70. The van der Waals surface area contributed by atoms with Crippen molar-refractivity contribution in [2.75, 3.05) is 38.1 Å². The van der Waals surface area contributed by atoms with Gasteiger partial charge in [-0.3, -0.25) is 4.79 Å². The number of aryl methyl sites for hydroxylation is 1.